The number of alkyl carbamates (subject to hydrolysis) is 1. The van der Waals surface area contributed by atoms with Gasteiger partial charge in [0.25, 0.3) is 0 Å². The summed E-state index contributed by atoms with van der Waals surface area (Å²) >= 11 is 0. The molecule has 0 saturated heterocycles. The molecule has 2 atom stereocenters. The van der Waals surface area contributed by atoms with E-state index in [1.54, 1.807) is 52.8 Å². The molecule has 9 nitrogen and oxygen atoms in total. The molecule has 1 aromatic rings. The normalized spacial score (nSPS) is 13.8. The van der Waals surface area contributed by atoms with Crippen LogP contribution in [0.5, 0.6) is 0 Å². The van der Waals surface area contributed by atoms with Crippen LogP contribution in [-0.4, -0.2) is 53.0 Å². The van der Waals surface area contributed by atoms with Crippen LogP contribution >= 0.6 is 0 Å². The van der Waals surface area contributed by atoms with E-state index in [0.29, 0.717) is 38.6 Å². The number of unbranched alkanes of at least 4 members (excludes halogenated alkanes) is 3. The van der Waals surface area contributed by atoms with Gasteiger partial charge in [-0.3, -0.25) is 0 Å². The first kappa shape index (κ1) is 28.9. The number of esters is 2. The first-order valence-electron chi connectivity index (χ1n) is 11.6. The van der Waals surface area contributed by atoms with Crippen LogP contribution in [0.15, 0.2) is 30.3 Å². The Morgan fingerprint density at radius 2 is 1.59 bits per heavy atom. The number of nitrogens with one attached hydrogen (secondary N) is 1. The predicted molar refractivity (Wildman–Crippen MR) is 125 cm³/mol. The molecule has 1 aromatic carbocycles. The number of carboxylic acid groups (broad SMARTS) is 1. The number of hydrogen-bond acceptors (Lipinski definition) is 7. The molecule has 0 aromatic heterocycles. The Morgan fingerprint density at radius 3 is 2.15 bits per heavy atom. The van der Waals surface area contributed by atoms with E-state index in [4.69, 9.17) is 14.2 Å². The second-order valence-corrected chi connectivity index (χ2v) is 9.10. The van der Waals surface area contributed by atoms with Crippen LogP contribution in [0.4, 0.5) is 4.79 Å². The molecule has 1 amide bonds. The first-order valence-corrected chi connectivity index (χ1v) is 11.6. The highest BCUT2D eigenvalue weighted by Crippen LogP contribution is 2.26. The quantitative estimate of drug-likeness (QED) is 0.183. The van der Waals surface area contributed by atoms with Crippen molar-refractivity contribution >= 4 is 24.0 Å². The smallest absolute Gasteiger partial charge is 0.407 e. The van der Waals surface area contributed by atoms with E-state index in [9.17, 15) is 24.3 Å². The van der Waals surface area contributed by atoms with E-state index in [0.717, 1.165) is 0 Å². The van der Waals surface area contributed by atoms with Gasteiger partial charge in [0.15, 0.2) is 0 Å². The van der Waals surface area contributed by atoms with Gasteiger partial charge in [-0.25, -0.2) is 19.2 Å². The van der Waals surface area contributed by atoms with E-state index in [1.807, 2.05) is 0 Å². The van der Waals surface area contributed by atoms with Crippen LogP contribution < -0.4 is 5.32 Å². The topological polar surface area (TPSA) is 128 Å². The molecule has 1 rings (SSSR count). The highest BCUT2D eigenvalue weighted by atomic mass is 16.6. The van der Waals surface area contributed by atoms with Crippen molar-refractivity contribution in [2.75, 3.05) is 6.54 Å². The summed E-state index contributed by atoms with van der Waals surface area (Å²) in [6.07, 6.45) is 1.40. The van der Waals surface area contributed by atoms with Crippen LogP contribution in [0.2, 0.25) is 0 Å². The molecule has 0 fully saturated rings. The van der Waals surface area contributed by atoms with Crippen molar-refractivity contribution in [2.45, 2.75) is 90.4 Å². The Kier molecular flexibility index (Phi) is 11.5. The number of ether oxygens (including phenoxy) is 3. The molecule has 0 saturated carbocycles. The lowest BCUT2D eigenvalue weighted by Gasteiger charge is -2.28. The molecule has 2 N–H and O–H groups in total. The van der Waals surface area contributed by atoms with Crippen molar-refractivity contribution in [3.8, 4) is 0 Å². The average Bonchev–Trinajstić information content (AvgIpc) is 2.76. The summed E-state index contributed by atoms with van der Waals surface area (Å²) in [6, 6.07) is 7.89. The number of amides is 1. The maximum atomic E-state index is 12.9. The van der Waals surface area contributed by atoms with Crippen molar-refractivity contribution in [1.82, 2.24) is 5.32 Å². The highest BCUT2D eigenvalue weighted by Gasteiger charge is 2.52. The zero-order valence-electron chi connectivity index (χ0n) is 20.7. The molecular weight excluding hydrogens is 442 g/mol. The maximum Gasteiger partial charge on any atom is 0.407 e. The van der Waals surface area contributed by atoms with Crippen molar-refractivity contribution in [3.63, 3.8) is 0 Å². The second kappa shape index (κ2) is 13.6. The number of carboxylic acids is 1. The fraction of sp³-hybridized carbons (Fsp3) is 0.600. The van der Waals surface area contributed by atoms with E-state index >= 15 is 0 Å². The van der Waals surface area contributed by atoms with E-state index in [2.05, 4.69) is 5.32 Å². The lowest BCUT2D eigenvalue weighted by atomic mass is 9.95. The summed E-state index contributed by atoms with van der Waals surface area (Å²) in [5, 5.41) is 12.6. The summed E-state index contributed by atoms with van der Waals surface area (Å²) in [6.45, 7) is 9.16. The molecular formula is C25H37NO8. The molecule has 9 heteroatoms. The monoisotopic (exact) mass is 479 g/mol. The number of carbonyl (C=O) groups excluding carboxylic acids is 3. The van der Waals surface area contributed by atoms with E-state index < -0.39 is 41.3 Å². The van der Waals surface area contributed by atoms with Gasteiger partial charge in [-0.05, 0) is 59.1 Å². The fourth-order valence-electron chi connectivity index (χ4n) is 2.94. The predicted octanol–water partition coefficient (Wildman–Crippen LogP) is 4.48. The molecule has 190 valence electrons. The van der Waals surface area contributed by atoms with Gasteiger partial charge in [-0.2, -0.15) is 0 Å². The van der Waals surface area contributed by atoms with E-state index in [1.165, 1.54) is 12.1 Å². The summed E-state index contributed by atoms with van der Waals surface area (Å²) in [5.41, 5.74) is -2.88. The number of hydrogen-bond donors (Lipinski definition) is 2. The minimum Gasteiger partial charge on any atom is -0.478 e. The van der Waals surface area contributed by atoms with Gasteiger partial charge >= 0.3 is 29.6 Å². The summed E-state index contributed by atoms with van der Waals surface area (Å²) in [4.78, 5) is 49.4. The van der Waals surface area contributed by atoms with Gasteiger partial charge in [0.1, 0.15) is 5.60 Å². The number of rotatable bonds is 13. The molecule has 0 aliphatic carbocycles. The number of carbonyl (C=O) groups is 4. The third-order valence-corrected chi connectivity index (χ3v) is 4.96. The van der Waals surface area contributed by atoms with Crippen LogP contribution in [0.25, 0.3) is 0 Å². The Hall–Kier alpha value is -3.10. The van der Waals surface area contributed by atoms with Crippen molar-refractivity contribution in [1.29, 1.82) is 0 Å². The minimum atomic E-state index is -2.44. The van der Waals surface area contributed by atoms with Gasteiger partial charge in [0.2, 0.25) is 0 Å². The van der Waals surface area contributed by atoms with Gasteiger partial charge in [0, 0.05) is 13.0 Å². The fourth-order valence-corrected chi connectivity index (χ4v) is 2.94. The molecule has 34 heavy (non-hydrogen) atoms. The van der Waals surface area contributed by atoms with Gasteiger partial charge < -0.3 is 24.6 Å². The number of benzene rings is 1. The van der Waals surface area contributed by atoms with Crippen LogP contribution in [0.1, 0.15) is 83.5 Å². The third kappa shape index (κ3) is 9.80. The van der Waals surface area contributed by atoms with Crippen molar-refractivity contribution in [2.24, 2.45) is 0 Å². The SMILES string of the molecule is CCC(C)OC(=O)C(CCCCCCNC(=O)OC(C)(C)C)(OC(=O)c1ccccc1)C(=O)O. The van der Waals surface area contributed by atoms with Gasteiger partial charge in [0.05, 0.1) is 11.7 Å². The van der Waals surface area contributed by atoms with Crippen LogP contribution in [-0.2, 0) is 23.8 Å². The Balaban J connectivity index is 2.75. The maximum absolute atomic E-state index is 12.9. The largest absolute Gasteiger partial charge is 0.478 e. The molecule has 0 aliphatic heterocycles. The molecule has 0 spiro atoms. The third-order valence-electron chi connectivity index (χ3n) is 4.96. The molecule has 0 aliphatic rings. The average molecular weight is 480 g/mol. The van der Waals surface area contributed by atoms with E-state index in [-0.39, 0.29) is 12.0 Å². The molecule has 0 bridgehead atoms. The highest BCUT2D eigenvalue weighted by molar-refractivity contribution is 6.06. The van der Waals surface area contributed by atoms with Gasteiger partial charge in [-0.1, -0.05) is 38.0 Å². The molecule has 0 heterocycles. The van der Waals surface area contributed by atoms with Crippen molar-refractivity contribution < 1.29 is 38.5 Å². The molecule has 2 unspecified atom stereocenters. The zero-order valence-corrected chi connectivity index (χ0v) is 20.7. The Labute approximate surface area is 201 Å². The zero-order chi connectivity index (χ0) is 25.8. The first-order chi connectivity index (χ1) is 15.9. The van der Waals surface area contributed by atoms with Crippen LogP contribution in [0.3, 0.4) is 0 Å². The van der Waals surface area contributed by atoms with Crippen molar-refractivity contribution in [3.05, 3.63) is 35.9 Å². The summed E-state index contributed by atoms with van der Waals surface area (Å²) in [5.74, 6) is -3.58. The second-order valence-electron chi connectivity index (χ2n) is 9.10. The summed E-state index contributed by atoms with van der Waals surface area (Å²) < 4.78 is 15.7. The lowest BCUT2D eigenvalue weighted by molar-refractivity contribution is -0.184. The number of aliphatic carboxylic acids is 1. The van der Waals surface area contributed by atoms with Crippen LogP contribution in [0, 0.1) is 0 Å². The lowest BCUT2D eigenvalue weighted by Crippen LogP contribution is -2.52. The molecule has 0 radical (unpaired) electrons. The summed E-state index contributed by atoms with van der Waals surface area (Å²) in [7, 11) is 0. The van der Waals surface area contributed by atoms with Gasteiger partial charge in [-0.15, -0.1) is 0 Å². The Morgan fingerprint density at radius 1 is 0.971 bits per heavy atom. The minimum absolute atomic E-state index is 0.137. The standard InChI is InChI=1S/C25H37NO8/c1-6-18(2)32-22(30)25(21(28)29,33-20(27)19-14-10-9-11-15-19)16-12-7-8-13-17-26-23(31)34-24(3,4)5/h9-11,14-15,18H,6-8,12-13,16-17H2,1-5H3,(H,26,31)(H,28,29). The Bertz CT molecular complexity index is 818.